The first kappa shape index (κ1) is 13.1. The third kappa shape index (κ3) is 3.57. The zero-order chi connectivity index (χ0) is 12.8. The molecule has 1 heterocycles. The summed E-state index contributed by atoms with van der Waals surface area (Å²) in [5.74, 6) is 1.70. The largest absolute Gasteiger partial charge is 0.496 e. The van der Waals surface area contributed by atoms with E-state index in [4.69, 9.17) is 4.74 Å². The van der Waals surface area contributed by atoms with Gasteiger partial charge in [-0.3, -0.25) is 4.79 Å². The quantitative estimate of drug-likeness (QED) is 0.867. The van der Waals surface area contributed by atoms with Crippen molar-refractivity contribution in [2.45, 2.75) is 25.7 Å². The molecule has 98 valence electrons. The van der Waals surface area contributed by atoms with Gasteiger partial charge in [-0.05, 0) is 37.9 Å². The Balaban J connectivity index is 1.90. The van der Waals surface area contributed by atoms with Gasteiger partial charge in [0.1, 0.15) is 11.5 Å². The van der Waals surface area contributed by atoms with Crippen molar-refractivity contribution in [3.8, 4) is 5.75 Å². The Kier molecular flexibility index (Phi) is 4.76. The van der Waals surface area contributed by atoms with Crippen LogP contribution in [0.1, 0.15) is 24.8 Å². The standard InChI is InChI=1S/C15H21NO2/c1-18-15-5-3-2-4-13(15)11-14(17)10-12-6-8-16-9-7-12/h2-5,12,16H,6-11H2,1H3. The zero-order valence-electron chi connectivity index (χ0n) is 10.9. The second-order valence-electron chi connectivity index (χ2n) is 4.92. The van der Waals surface area contributed by atoms with Crippen LogP contribution < -0.4 is 10.1 Å². The summed E-state index contributed by atoms with van der Waals surface area (Å²) >= 11 is 0. The number of carbonyl (C=O) groups is 1. The zero-order valence-corrected chi connectivity index (χ0v) is 10.9. The van der Waals surface area contributed by atoms with Crippen molar-refractivity contribution in [2.75, 3.05) is 20.2 Å². The van der Waals surface area contributed by atoms with E-state index in [0.717, 1.165) is 37.2 Å². The van der Waals surface area contributed by atoms with E-state index in [2.05, 4.69) is 5.32 Å². The monoisotopic (exact) mass is 247 g/mol. The van der Waals surface area contributed by atoms with Crippen LogP contribution in [0.25, 0.3) is 0 Å². The molecule has 0 spiro atoms. The molecule has 1 aliphatic heterocycles. The van der Waals surface area contributed by atoms with Gasteiger partial charge in [0.25, 0.3) is 0 Å². The van der Waals surface area contributed by atoms with E-state index in [1.54, 1.807) is 7.11 Å². The highest BCUT2D eigenvalue weighted by Crippen LogP contribution is 2.21. The molecule has 0 aromatic heterocycles. The van der Waals surface area contributed by atoms with Crippen LogP contribution in [0.5, 0.6) is 5.75 Å². The summed E-state index contributed by atoms with van der Waals surface area (Å²) in [6, 6.07) is 7.77. The number of hydrogen-bond acceptors (Lipinski definition) is 3. The van der Waals surface area contributed by atoms with Gasteiger partial charge < -0.3 is 10.1 Å². The van der Waals surface area contributed by atoms with Gasteiger partial charge in [-0.15, -0.1) is 0 Å². The van der Waals surface area contributed by atoms with E-state index in [1.807, 2.05) is 24.3 Å². The molecular formula is C15H21NO2. The second kappa shape index (κ2) is 6.55. The number of ether oxygens (including phenoxy) is 1. The van der Waals surface area contributed by atoms with Gasteiger partial charge in [0, 0.05) is 18.4 Å². The average Bonchev–Trinajstić information content (AvgIpc) is 2.40. The van der Waals surface area contributed by atoms with E-state index in [-0.39, 0.29) is 0 Å². The van der Waals surface area contributed by atoms with Gasteiger partial charge in [0.15, 0.2) is 0 Å². The summed E-state index contributed by atoms with van der Waals surface area (Å²) in [4.78, 5) is 12.1. The lowest BCUT2D eigenvalue weighted by molar-refractivity contribution is -0.119. The van der Waals surface area contributed by atoms with Gasteiger partial charge in [0.2, 0.25) is 0 Å². The maximum Gasteiger partial charge on any atom is 0.137 e. The normalized spacial score (nSPS) is 16.5. The van der Waals surface area contributed by atoms with Crippen LogP contribution in [0.3, 0.4) is 0 Å². The predicted molar refractivity (Wildman–Crippen MR) is 71.9 cm³/mol. The maximum absolute atomic E-state index is 12.1. The molecule has 3 nitrogen and oxygen atoms in total. The number of piperidine rings is 1. The Labute approximate surface area is 109 Å². The van der Waals surface area contributed by atoms with Crippen LogP contribution >= 0.6 is 0 Å². The van der Waals surface area contributed by atoms with E-state index in [9.17, 15) is 4.79 Å². The summed E-state index contributed by atoms with van der Waals surface area (Å²) in [6.07, 6.45) is 3.45. The summed E-state index contributed by atoms with van der Waals surface area (Å²) in [5.41, 5.74) is 0.999. The van der Waals surface area contributed by atoms with Gasteiger partial charge in [-0.2, -0.15) is 0 Å². The first-order chi connectivity index (χ1) is 8.79. The Morgan fingerprint density at radius 3 is 2.78 bits per heavy atom. The average molecular weight is 247 g/mol. The third-order valence-electron chi connectivity index (χ3n) is 3.56. The number of carbonyl (C=O) groups excluding carboxylic acids is 1. The topological polar surface area (TPSA) is 38.3 Å². The van der Waals surface area contributed by atoms with Gasteiger partial charge in [0.05, 0.1) is 7.11 Å². The molecule has 1 fully saturated rings. The molecule has 0 radical (unpaired) electrons. The minimum Gasteiger partial charge on any atom is -0.496 e. The molecule has 1 aromatic carbocycles. The van der Waals surface area contributed by atoms with Gasteiger partial charge >= 0.3 is 0 Å². The number of ketones is 1. The first-order valence-corrected chi connectivity index (χ1v) is 6.64. The fraction of sp³-hybridized carbons (Fsp3) is 0.533. The molecule has 1 saturated heterocycles. The fourth-order valence-corrected chi connectivity index (χ4v) is 2.54. The van der Waals surface area contributed by atoms with Crippen molar-refractivity contribution < 1.29 is 9.53 Å². The lowest BCUT2D eigenvalue weighted by Gasteiger charge is -2.21. The molecule has 3 heteroatoms. The summed E-state index contributed by atoms with van der Waals surface area (Å²) in [5, 5.41) is 3.32. The number of Topliss-reactive ketones (excluding diaryl/α,β-unsaturated/α-hetero) is 1. The number of nitrogens with one attached hydrogen (secondary N) is 1. The lowest BCUT2D eigenvalue weighted by atomic mass is 9.91. The number of hydrogen-bond donors (Lipinski definition) is 1. The van der Waals surface area contributed by atoms with Crippen molar-refractivity contribution in [1.82, 2.24) is 5.32 Å². The van der Waals surface area contributed by atoms with Crippen LogP contribution in [-0.4, -0.2) is 26.0 Å². The van der Waals surface area contributed by atoms with Gasteiger partial charge in [-0.1, -0.05) is 18.2 Å². The molecule has 0 bridgehead atoms. The molecule has 1 aliphatic rings. The number of rotatable bonds is 5. The highest BCUT2D eigenvalue weighted by molar-refractivity contribution is 5.81. The van der Waals surface area contributed by atoms with Crippen molar-refractivity contribution in [2.24, 2.45) is 5.92 Å². The highest BCUT2D eigenvalue weighted by atomic mass is 16.5. The lowest BCUT2D eigenvalue weighted by Crippen LogP contribution is -2.29. The molecule has 0 saturated carbocycles. The molecule has 2 rings (SSSR count). The van der Waals surface area contributed by atoms with E-state index in [1.165, 1.54) is 0 Å². The van der Waals surface area contributed by atoms with Crippen LogP contribution in [0.15, 0.2) is 24.3 Å². The van der Waals surface area contributed by atoms with Crippen LogP contribution in [0.4, 0.5) is 0 Å². The SMILES string of the molecule is COc1ccccc1CC(=O)CC1CCNCC1. The number of para-hydroxylation sites is 1. The predicted octanol–water partition coefficient (Wildman–Crippen LogP) is 2.20. The van der Waals surface area contributed by atoms with Crippen molar-refractivity contribution in [1.29, 1.82) is 0 Å². The molecule has 0 amide bonds. The Morgan fingerprint density at radius 2 is 2.06 bits per heavy atom. The highest BCUT2D eigenvalue weighted by Gasteiger charge is 2.17. The molecular weight excluding hydrogens is 226 g/mol. The molecule has 1 aromatic rings. The molecule has 0 unspecified atom stereocenters. The van der Waals surface area contributed by atoms with E-state index in [0.29, 0.717) is 24.5 Å². The Bertz CT molecular complexity index is 397. The number of benzene rings is 1. The Hall–Kier alpha value is -1.35. The minimum atomic E-state index is 0.325. The minimum absolute atomic E-state index is 0.325. The van der Waals surface area contributed by atoms with Crippen molar-refractivity contribution in [3.63, 3.8) is 0 Å². The molecule has 18 heavy (non-hydrogen) atoms. The number of methoxy groups -OCH3 is 1. The smallest absolute Gasteiger partial charge is 0.137 e. The van der Waals surface area contributed by atoms with Crippen LogP contribution in [-0.2, 0) is 11.2 Å². The van der Waals surface area contributed by atoms with Gasteiger partial charge in [-0.25, -0.2) is 0 Å². The molecule has 1 N–H and O–H groups in total. The first-order valence-electron chi connectivity index (χ1n) is 6.64. The second-order valence-corrected chi connectivity index (χ2v) is 4.92. The maximum atomic E-state index is 12.1. The van der Waals surface area contributed by atoms with Crippen molar-refractivity contribution >= 4 is 5.78 Å². The molecule has 0 aliphatic carbocycles. The fourth-order valence-electron chi connectivity index (χ4n) is 2.54. The summed E-state index contributed by atoms with van der Waals surface area (Å²) < 4.78 is 5.27. The summed E-state index contributed by atoms with van der Waals surface area (Å²) in [6.45, 7) is 2.10. The third-order valence-corrected chi connectivity index (χ3v) is 3.56. The van der Waals surface area contributed by atoms with E-state index < -0.39 is 0 Å². The molecule has 0 atom stereocenters. The van der Waals surface area contributed by atoms with Crippen LogP contribution in [0.2, 0.25) is 0 Å². The van der Waals surface area contributed by atoms with E-state index >= 15 is 0 Å². The Morgan fingerprint density at radius 1 is 1.33 bits per heavy atom. The summed E-state index contributed by atoms with van der Waals surface area (Å²) in [7, 11) is 1.65. The van der Waals surface area contributed by atoms with Crippen LogP contribution in [0, 0.1) is 5.92 Å². The van der Waals surface area contributed by atoms with Crippen molar-refractivity contribution in [3.05, 3.63) is 29.8 Å².